The summed E-state index contributed by atoms with van der Waals surface area (Å²) in [6, 6.07) is 7.60. The van der Waals surface area contributed by atoms with Gasteiger partial charge in [-0.2, -0.15) is 0 Å². The number of thiazole rings is 1. The molecule has 0 bridgehead atoms. The third kappa shape index (κ3) is 4.07. The summed E-state index contributed by atoms with van der Waals surface area (Å²) in [5.74, 6) is 0.0586. The lowest BCUT2D eigenvalue weighted by Gasteiger charge is -2.13. The molecule has 0 fully saturated rings. The van der Waals surface area contributed by atoms with Crippen molar-refractivity contribution in [3.63, 3.8) is 0 Å². The Labute approximate surface area is 141 Å². The lowest BCUT2D eigenvalue weighted by atomic mass is 10.3. The predicted octanol–water partition coefficient (Wildman–Crippen LogP) is 3.43. The maximum Gasteiger partial charge on any atom is 0.269 e. The number of aromatic nitrogens is 1. The van der Waals surface area contributed by atoms with E-state index in [0.717, 1.165) is 27.4 Å². The smallest absolute Gasteiger partial charge is 0.269 e. The van der Waals surface area contributed by atoms with Gasteiger partial charge in [0.05, 0.1) is 0 Å². The van der Waals surface area contributed by atoms with E-state index in [1.54, 1.807) is 0 Å². The van der Waals surface area contributed by atoms with Crippen LogP contribution < -0.4 is 16.0 Å². The Morgan fingerprint density at radius 3 is 2.71 bits per heavy atom. The van der Waals surface area contributed by atoms with Crippen molar-refractivity contribution in [2.75, 3.05) is 29.5 Å². The Morgan fingerprint density at radius 2 is 2.10 bits per heavy atom. The van der Waals surface area contributed by atoms with Gasteiger partial charge in [-0.05, 0) is 53.3 Å². The summed E-state index contributed by atoms with van der Waals surface area (Å²) < 4.78 is 1.12. The Morgan fingerprint density at radius 1 is 1.43 bits per heavy atom. The largest absolute Gasteiger partial charge is 0.382 e. The number of hydrogen-bond acceptors (Lipinski definition) is 5. The van der Waals surface area contributed by atoms with Crippen LogP contribution in [0, 0.1) is 3.57 Å². The Kier molecular flexibility index (Phi) is 5.40. The van der Waals surface area contributed by atoms with E-state index in [-0.39, 0.29) is 11.7 Å². The summed E-state index contributed by atoms with van der Waals surface area (Å²) in [5, 5.41) is 3.61. The summed E-state index contributed by atoms with van der Waals surface area (Å²) >= 11 is 3.53. The average Bonchev–Trinajstić information content (AvgIpc) is 2.84. The first-order chi connectivity index (χ1) is 10.0. The van der Waals surface area contributed by atoms with E-state index in [0.29, 0.717) is 4.88 Å². The number of nitrogen functional groups attached to an aromatic ring is 1. The molecule has 0 aliphatic carbocycles. The Balaban J connectivity index is 2.14. The number of nitrogens with zero attached hydrogens (tertiary/aromatic N) is 2. The summed E-state index contributed by atoms with van der Waals surface area (Å²) in [5.41, 5.74) is 6.61. The van der Waals surface area contributed by atoms with E-state index >= 15 is 0 Å². The van der Waals surface area contributed by atoms with Crippen molar-refractivity contribution in [1.29, 1.82) is 0 Å². The summed E-state index contributed by atoms with van der Waals surface area (Å²) in [6.45, 7) is 2.98. The maximum absolute atomic E-state index is 12.3. The van der Waals surface area contributed by atoms with Gasteiger partial charge < -0.3 is 16.0 Å². The number of benzene rings is 1. The fraction of sp³-hybridized carbons (Fsp3) is 0.286. The zero-order valence-electron chi connectivity index (χ0n) is 11.9. The van der Waals surface area contributed by atoms with E-state index in [1.165, 1.54) is 11.3 Å². The number of hydrogen-bond donors (Lipinski definition) is 2. The van der Waals surface area contributed by atoms with Gasteiger partial charge in [0.2, 0.25) is 0 Å². The van der Waals surface area contributed by atoms with Crippen molar-refractivity contribution in [3.8, 4) is 0 Å². The standard InChI is InChI=1S/C14H17IN4OS/c1-3-8-19(2)14-18-12(16)11(21-14)13(20)17-10-6-4-9(15)5-7-10/h4-7H,3,8,16H2,1-2H3,(H,17,20). The highest BCUT2D eigenvalue weighted by Gasteiger charge is 2.18. The third-order valence-electron chi connectivity index (χ3n) is 2.84. The molecule has 21 heavy (non-hydrogen) atoms. The lowest BCUT2D eigenvalue weighted by molar-refractivity contribution is 0.103. The van der Waals surface area contributed by atoms with Crippen molar-refractivity contribution in [2.45, 2.75) is 13.3 Å². The van der Waals surface area contributed by atoms with Crippen LogP contribution in [0.15, 0.2) is 24.3 Å². The van der Waals surface area contributed by atoms with Gasteiger partial charge in [0.15, 0.2) is 5.13 Å². The van der Waals surface area contributed by atoms with Crippen molar-refractivity contribution >= 4 is 56.5 Å². The molecule has 0 atom stereocenters. The van der Waals surface area contributed by atoms with Crippen LogP contribution in [-0.2, 0) is 0 Å². The molecule has 1 aromatic heterocycles. The van der Waals surface area contributed by atoms with Crippen molar-refractivity contribution in [2.24, 2.45) is 0 Å². The van der Waals surface area contributed by atoms with Gasteiger partial charge in [-0.15, -0.1) is 0 Å². The molecule has 2 aromatic rings. The van der Waals surface area contributed by atoms with Gasteiger partial charge in [-0.1, -0.05) is 18.3 Å². The van der Waals surface area contributed by atoms with Gasteiger partial charge in [0, 0.05) is 22.8 Å². The number of carbonyl (C=O) groups excluding carboxylic acids is 1. The van der Waals surface area contributed by atoms with Crippen LogP contribution in [-0.4, -0.2) is 24.5 Å². The van der Waals surface area contributed by atoms with Gasteiger partial charge in [-0.3, -0.25) is 4.79 Å². The molecule has 0 saturated heterocycles. The minimum Gasteiger partial charge on any atom is -0.382 e. The van der Waals surface area contributed by atoms with Crippen LogP contribution in [0.3, 0.4) is 0 Å². The second kappa shape index (κ2) is 7.08. The number of halogens is 1. The normalized spacial score (nSPS) is 10.4. The molecular formula is C14H17IN4OS. The van der Waals surface area contributed by atoms with Gasteiger partial charge >= 0.3 is 0 Å². The van der Waals surface area contributed by atoms with Gasteiger partial charge in [0.25, 0.3) is 5.91 Å². The van der Waals surface area contributed by atoms with Crippen molar-refractivity contribution in [1.82, 2.24) is 4.98 Å². The molecular weight excluding hydrogens is 399 g/mol. The van der Waals surface area contributed by atoms with Gasteiger partial charge in [0.1, 0.15) is 10.7 Å². The Hall–Kier alpha value is -1.35. The second-order valence-corrected chi connectivity index (χ2v) is 6.82. The highest BCUT2D eigenvalue weighted by Crippen LogP contribution is 2.28. The number of anilines is 3. The van der Waals surface area contributed by atoms with E-state index < -0.39 is 0 Å². The molecule has 5 nitrogen and oxygen atoms in total. The highest BCUT2D eigenvalue weighted by atomic mass is 127. The zero-order chi connectivity index (χ0) is 15.4. The quantitative estimate of drug-likeness (QED) is 0.733. The molecule has 2 rings (SSSR count). The molecule has 3 N–H and O–H groups in total. The van der Waals surface area contributed by atoms with Crippen LogP contribution in [0.4, 0.5) is 16.6 Å². The number of carbonyl (C=O) groups is 1. The number of amides is 1. The van der Waals surface area contributed by atoms with Crippen LogP contribution in [0.1, 0.15) is 23.0 Å². The molecule has 0 radical (unpaired) electrons. The van der Waals surface area contributed by atoms with Crippen molar-refractivity contribution < 1.29 is 4.79 Å². The summed E-state index contributed by atoms with van der Waals surface area (Å²) in [7, 11) is 1.95. The lowest BCUT2D eigenvalue weighted by Crippen LogP contribution is -2.17. The maximum atomic E-state index is 12.3. The van der Waals surface area contributed by atoms with Crippen LogP contribution in [0.5, 0.6) is 0 Å². The fourth-order valence-corrected chi connectivity index (χ4v) is 3.03. The molecule has 7 heteroatoms. The van der Waals surface area contributed by atoms with E-state index in [1.807, 2.05) is 36.2 Å². The van der Waals surface area contributed by atoms with Gasteiger partial charge in [-0.25, -0.2) is 4.98 Å². The predicted molar refractivity (Wildman–Crippen MR) is 97.2 cm³/mol. The molecule has 1 heterocycles. The highest BCUT2D eigenvalue weighted by molar-refractivity contribution is 14.1. The topological polar surface area (TPSA) is 71.2 Å². The first-order valence-corrected chi connectivity index (χ1v) is 8.45. The molecule has 0 unspecified atom stereocenters. The third-order valence-corrected chi connectivity index (χ3v) is 4.74. The first-order valence-electron chi connectivity index (χ1n) is 6.55. The number of nitrogens with two attached hydrogens (primary N) is 1. The summed E-state index contributed by atoms with van der Waals surface area (Å²) in [6.07, 6.45) is 1.01. The first kappa shape index (κ1) is 16.0. The molecule has 0 saturated carbocycles. The number of rotatable bonds is 5. The minimum absolute atomic E-state index is 0.220. The monoisotopic (exact) mass is 416 g/mol. The van der Waals surface area contributed by atoms with E-state index in [9.17, 15) is 4.79 Å². The molecule has 112 valence electrons. The molecule has 0 aliphatic heterocycles. The average molecular weight is 416 g/mol. The van der Waals surface area contributed by atoms with E-state index in [4.69, 9.17) is 5.73 Å². The molecule has 0 aliphatic rings. The fourth-order valence-electron chi connectivity index (χ4n) is 1.80. The SMILES string of the molecule is CCCN(C)c1nc(N)c(C(=O)Nc2ccc(I)cc2)s1. The van der Waals surface area contributed by atoms with Crippen molar-refractivity contribution in [3.05, 3.63) is 32.7 Å². The molecule has 1 aromatic carbocycles. The molecule has 0 spiro atoms. The van der Waals surface area contributed by atoms with Crippen LogP contribution in [0.25, 0.3) is 0 Å². The van der Waals surface area contributed by atoms with E-state index in [2.05, 4.69) is 39.8 Å². The Bertz CT molecular complexity index is 626. The minimum atomic E-state index is -0.220. The second-order valence-electron chi connectivity index (χ2n) is 4.59. The number of nitrogens with one attached hydrogen (secondary N) is 1. The van der Waals surface area contributed by atoms with Crippen LogP contribution in [0.2, 0.25) is 0 Å². The van der Waals surface area contributed by atoms with Crippen LogP contribution >= 0.6 is 33.9 Å². The molecule has 1 amide bonds. The zero-order valence-corrected chi connectivity index (χ0v) is 14.9. The summed E-state index contributed by atoms with van der Waals surface area (Å²) in [4.78, 5) is 19.0.